The summed E-state index contributed by atoms with van der Waals surface area (Å²) < 4.78 is 0. The Labute approximate surface area is 83.2 Å². The summed E-state index contributed by atoms with van der Waals surface area (Å²) in [5.41, 5.74) is 7.02. The van der Waals surface area contributed by atoms with Crippen LogP contribution in [0.25, 0.3) is 0 Å². The SMILES string of the molecule is CC1(C)[C@H](N)[C@H]1c1ccc(O)c(O)c1. The molecule has 1 aromatic carbocycles. The van der Waals surface area contributed by atoms with Crippen LogP contribution in [0.2, 0.25) is 0 Å². The fourth-order valence-electron chi connectivity index (χ4n) is 2.05. The minimum Gasteiger partial charge on any atom is -0.504 e. The van der Waals surface area contributed by atoms with Crippen molar-refractivity contribution in [3.8, 4) is 11.5 Å². The third-order valence-corrected chi connectivity index (χ3v) is 3.27. The van der Waals surface area contributed by atoms with Crippen molar-refractivity contribution in [2.75, 3.05) is 0 Å². The fraction of sp³-hybridized carbons (Fsp3) is 0.455. The smallest absolute Gasteiger partial charge is 0.157 e. The minimum atomic E-state index is -0.0826. The summed E-state index contributed by atoms with van der Waals surface area (Å²) in [7, 11) is 0. The van der Waals surface area contributed by atoms with Crippen molar-refractivity contribution in [2.45, 2.75) is 25.8 Å². The second-order valence-corrected chi connectivity index (χ2v) is 4.57. The minimum absolute atomic E-state index is 0.0719. The summed E-state index contributed by atoms with van der Waals surface area (Å²) in [6.07, 6.45) is 0. The maximum atomic E-state index is 9.34. The van der Waals surface area contributed by atoms with Crippen LogP contribution in [0.4, 0.5) is 0 Å². The van der Waals surface area contributed by atoms with Gasteiger partial charge in [0.25, 0.3) is 0 Å². The summed E-state index contributed by atoms with van der Waals surface area (Å²) in [4.78, 5) is 0. The van der Waals surface area contributed by atoms with Crippen molar-refractivity contribution >= 4 is 0 Å². The largest absolute Gasteiger partial charge is 0.504 e. The van der Waals surface area contributed by atoms with Gasteiger partial charge in [0.2, 0.25) is 0 Å². The number of phenolic OH excluding ortho intramolecular Hbond substituents is 2. The molecule has 0 spiro atoms. The molecule has 1 aliphatic rings. The first-order valence-electron chi connectivity index (χ1n) is 4.72. The first kappa shape index (κ1) is 9.34. The maximum absolute atomic E-state index is 9.34. The zero-order valence-electron chi connectivity index (χ0n) is 8.36. The molecular formula is C11H15NO2. The molecule has 3 heteroatoms. The molecule has 1 aromatic rings. The van der Waals surface area contributed by atoms with Gasteiger partial charge < -0.3 is 15.9 Å². The highest BCUT2D eigenvalue weighted by Gasteiger charge is 2.56. The van der Waals surface area contributed by atoms with Gasteiger partial charge in [0.15, 0.2) is 11.5 Å². The van der Waals surface area contributed by atoms with Crippen molar-refractivity contribution in [1.29, 1.82) is 0 Å². The highest BCUT2D eigenvalue weighted by Crippen LogP contribution is 2.57. The van der Waals surface area contributed by atoms with Gasteiger partial charge in [-0.3, -0.25) is 0 Å². The molecule has 2 atom stereocenters. The number of benzene rings is 1. The van der Waals surface area contributed by atoms with Crippen LogP contribution in [0.3, 0.4) is 0 Å². The number of phenols is 2. The average molecular weight is 193 g/mol. The second kappa shape index (κ2) is 2.64. The Morgan fingerprint density at radius 3 is 2.21 bits per heavy atom. The highest BCUT2D eigenvalue weighted by molar-refractivity contribution is 5.45. The predicted molar refractivity (Wildman–Crippen MR) is 54.3 cm³/mol. The number of rotatable bonds is 1. The van der Waals surface area contributed by atoms with Gasteiger partial charge in [0.05, 0.1) is 0 Å². The van der Waals surface area contributed by atoms with Crippen LogP contribution in [-0.2, 0) is 0 Å². The van der Waals surface area contributed by atoms with E-state index in [-0.39, 0.29) is 28.9 Å². The van der Waals surface area contributed by atoms with Crippen molar-refractivity contribution in [2.24, 2.45) is 11.1 Å². The molecule has 0 unspecified atom stereocenters. The van der Waals surface area contributed by atoms with Crippen molar-refractivity contribution in [3.05, 3.63) is 23.8 Å². The summed E-state index contributed by atoms with van der Waals surface area (Å²) >= 11 is 0. The van der Waals surface area contributed by atoms with E-state index in [4.69, 9.17) is 10.8 Å². The molecule has 1 aliphatic carbocycles. The summed E-state index contributed by atoms with van der Waals surface area (Å²) in [6.45, 7) is 4.21. The van der Waals surface area contributed by atoms with Gasteiger partial charge in [0.1, 0.15) is 0 Å². The maximum Gasteiger partial charge on any atom is 0.157 e. The van der Waals surface area contributed by atoms with E-state index in [1.54, 1.807) is 6.07 Å². The number of hydrogen-bond acceptors (Lipinski definition) is 3. The van der Waals surface area contributed by atoms with Crippen LogP contribution >= 0.6 is 0 Å². The Kier molecular flexibility index (Phi) is 1.76. The van der Waals surface area contributed by atoms with Gasteiger partial charge in [-0.05, 0) is 23.1 Å². The molecule has 3 nitrogen and oxygen atoms in total. The summed E-state index contributed by atoms with van der Waals surface area (Å²) in [6, 6.07) is 5.06. The third-order valence-electron chi connectivity index (χ3n) is 3.27. The molecule has 4 N–H and O–H groups in total. The number of aromatic hydroxyl groups is 2. The number of hydrogen-bond donors (Lipinski definition) is 3. The van der Waals surface area contributed by atoms with Gasteiger partial charge in [-0.2, -0.15) is 0 Å². The van der Waals surface area contributed by atoms with E-state index in [0.717, 1.165) is 5.56 Å². The number of nitrogens with two attached hydrogens (primary N) is 1. The Morgan fingerprint density at radius 1 is 1.21 bits per heavy atom. The summed E-state index contributed by atoms with van der Waals surface area (Å²) in [5.74, 6) is 0.132. The van der Waals surface area contributed by atoms with Crippen molar-refractivity contribution in [1.82, 2.24) is 0 Å². The van der Waals surface area contributed by atoms with E-state index < -0.39 is 0 Å². The van der Waals surface area contributed by atoms with Crippen LogP contribution in [0.5, 0.6) is 11.5 Å². The van der Waals surface area contributed by atoms with E-state index in [9.17, 15) is 5.11 Å². The molecule has 76 valence electrons. The molecular weight excluding hydrogens is 178 g/mol. The van der Waals surface area contributed by atoms with Gasteiger partial charge in [0, 0.05) is 12.0 Å². The first-order valence-corrected chi connectivity index (χ1v) is 4.72. The van der Waals surface area contributed by atoms with Gasteiger partial charge in [-0.25, -0.2) is 0 Å². The van der Waals surface area contributed by atoms with Crippen LogP contribution in [0, 0.1) is 5.41 Å². The fourth-order valence-corrected chi connectivity index (χ4v) is 2.05. The standard InChI is InChI=1S/C11H15NO2/c1-11(2)9(10(11)12)6-3-4-7(13)8(14)5-6/h3-5,9-10,13-14H,12H2,1-2H3/t9-,10-/m1/s1. The highest BCUT2D eigenvalue weighted by atomic mass is 16.3. The Morgan fingerprint density at radius 2 is 1.79 bits per heavy atom. The van der Waals surface area contributed by atoms with E-state index in [1.807, 2.05) is 6.07 Å². The molecule has 2 rings (SSSR count). The molecule has 0 amide bonds. The Balaban J connectivity index is 2.32. The molecule has 1 fully saturated rings. The molecule has 1 saturated carbocycles. The van der Waals surface area contributed by atoms with E-state index >= 15 is 0 Å². The molecule has 14 heavy (non-hydrogen) atoms. The zero-order valence-corrected chi connectivity index (χ0v) is 8.36. The third kappa shape index (κ3) is 1.16. The first-order chi connectivity index (χ1) is 6.44. The van der Waals surface area contributed by atoms with Crippen LogP contribution in [0.15, 0.2) is 18.2 Å². The van der Waals surface area contributed by atoms with Crippen LogP contribution in [-0.4, -0.2) is 16.3 Å². The van der Waals surface area contributed by atoms with Gasteiger partial charge in [-0.15, -0.1) is 0 Å². The zero-order chi connectivity index (χ0) is 10.5. The molecule has 0 radical (unpaired) electrons. The van der Waals surface area contributed by atoms with Crippen LogP contribution in [0.1, 0.15) is 25.3 Å². The van der Waals surface area contributed by atoms with E-state index in [1.165, 1.54) is 6.07 Å². The predicted octanol–water partition coefficient (Wildman–Crippen LogP) is 1.55. The lowest BCUT2D eigenvalue weighted by Crippen LogP contribution is -2.06. The lowest BCUT2D eigenvalue weighted by atomic mass is 10.0. The van der Waals surface area contributed by atoms with Crippen LogP contribution < -0.4 is 5.73 Å². The van der Waals surface area contributed by atoms with E-state index in [2.05, 4.69) is 13.8 Å². The lowest BCUT2D eigenvalue weighted by molar-refractivity contribution is 0.403. The Bertz CT molecular complexity index is 374. The Hall–Kier alpha value is -1.22. The molecule has 0 aliphatic heterocycles. The van der Waals surface area contributed by atoms with Crippen molar-refractivity contribution in [3.63, 3.8) is 0 Å². The normalized spacial score (nSPS) is 28.8. The molecule has 0 bridgehead atoms. The summed E-state index contributed by atoms with van der Waals surface area (Å²) in [5, 5.41) is 18.5. The molecule has 0 heterocycles. The lowest BCUT2D eigenvalue weighted by Gasteiger charge is -2.04. The quantitative estimate of drug-likeness (QED) is 0.593. The average Bonchev–Trinajstić information content (AvgIpc) is 2.58. The molecule has 0 aromatic heterocycles. The van der Waals surface area contributed by atoms with Gasteiger partial charge >= 0.3 is 0 Å². The monoisotopic (exact) mass is 193 g/mol. The second-order valence-electron chi connectivity index (χ2n) is 4.57. The van der Waals surface area contributed by atoms with Crippen molar-refractivity contribution < 1.29 is 10.2 Å². The molecule has 0 saturated heterocycles. The topological polar surface area (TPSA) is 66.5 Å². The van der Waals surface area contributed by atoms with Gasteiger partial charge in [-0.1, -0.05) is 19.9 Å². The van der Waals surface area contributed by atoms with E-state index in [0.29, 0.717) is 0 Å².